The van der Waals surface area contributed by atoms with E-state index in [-0.39, 0.29) is 11.9 Å². The van der Waals surface area contributed by atoms with Gasteiger partial charge >= 0.3 is 0 Å². The van der Waals surface area contributed by atoms with E-state index >= 15 is 0 Å². The third kappa shape index (κ3) is 2.72. The average Bonchev–Trinajstić information content (AvgIpc) is 2.62. The largest absolute Gasteiger partial charge is 0.310 e. The van der Waals surface area contributed by atoms with Gasteiger partial charge in [-0.15, -0.1) is 0 Å². The van der Waals surface area contributed by atoms with Gasteiger partial charge in [0.25, 0.3) is 0 Å². The van der Waals surface area contributed by atoms with Crippen molar-refractivity contribution in [1.29, 1.82) is 0 Å². The van der Waals surface area contributed by atoms with E-state index in [0.717, 1.165) is 34.1 Å². The van der Waals surface area contributed by atoms with E-state index in [4.69, 9.17) is 0 Å². The molecule has 0 aliphatic carbocycles. The molecule has 1 saturated heterocycles. The monoisotopic (exact) mass is 360 g/mol. The number of anilines is 1. The molecule has 1 aliphatic heterocycles. The summed E-state index contributed by atoms with van der Waals surface area (Å²) >= 11 is 6.91. The van der Waals surface area contributed by atoms with E-state index in [2.05, 4.69) is 37.2 Å². The number of halogens is 2. The Balaban J connectivity index is 2.21. The molecule has 1 aromatic carbocycles. The lowest BCUT2D eigenvalue weighted by Crippen LogP contribution is -2.38. The maximum atomic E-state index is 12.2. The van der Waals surface area contributed by atoms with Crippen molar-refractivity contribution in [1.82, 2.24) is 5.32 Å². The molecular weight excluding hydrogens is 348 g/mol. The van der Waals surface area contributed by atoms with E-state index in [0.29, 0.717) is 0 Å². The minimum Gasteiger partial charge on any atom is -0.310 e. The Kier molecular flexibility index (Phi) is 4.22. The predicted molar refractivity (Wildman–Crippen MR) is 76.3 cm³/mol. The normalized spacial score (nSPS) is 20.1. The summed E-state index contributed by atoms with van der Waals surface area (Å²) in [5.41, 5.74) is 0.943. The number of benzene rings is 1. The Morgan fingerprint density at radius 3 is 2.88 bits per heavy atom. The summed E-state index contributed by atoms with van der Waals surface area (Å²) in [4.78, 5) is 14.0. The molecule has 3 nitrogen and oxygen atoms in total. The second-order valence-electron chi connectivity index (χ2n) is 3.98. The van der Waals surface area contributed by atoms with Gasteiger partial charge in [-0.05, 0) is 47.1 Å². The van der Waals surface area contributed by atoms with E-state index in [1.165, 1.54) is 0 Å². The molecule has 0 saturated carbocycles. The summed E-state index contributed by atoms with van der Waals surface area (Å²) in [7, 11) is 0. The first-order valence-corrected chi connectivity index (χ1v) is 7.22. The molecule has 1 amide bonds. The molecule has 92 valence electrons. The molecule has 1 N–H and O–H groups in total. The highest BCUT2D eigenvalue weighted by Crippen LogP contribution is 2.32. The van der Waals surface area contributed by atoms with Crippen molar-refractivity contribution in [2.24, 2.45) is 0 Å². The van der Waals surface area contributed by atoms with Gasteiger partial charge in [-0.1, -0.05) is 22.9 Å². The van der Waals surface area contributed by atoms with Gasteiger partial charge in [0.15, 0.2) is 0 Å². The van der Waals surface area contributed by atoms with E-state index in [1.807, 2.05) is 30.0 Å². The van der Waals surface area contributed by atoms with Crippen LogP contribution in [-0.4, -0.2) is 25.0 Å². The van der Waals surface area contributed by atoms with Gasteiger partial charge in [0.2, 0.25) is 5.91 Å². The van der Waals surface area contributed by atoms with Crippen LogP contribution in [0.4, 0.5) is 5.69 Å². The molecule has 1 unspecified atom stereocenters. The zero-order valence-corrected chi connectivity index (χ0v) is 12.7. The summed E-state index contributed by atoms with van der Waals surface area (Å²) in [5, 5.41) is 3.21. The number of hydrogen-bond acceptors (Lipinski definition) is 2. The molecule has 1 aromatic rings. The Morgan fingerprint density at radius 1 is 1.47 bits per heavy atom. The molecule has 2 rings (SSSR count). The number of nitrogens with zero attached hydrogens (tertiary/aromatic N) is 1. The van der Waals surface area contributed by atoms with Gasteiger partial charge < -0.3 is 10.2 Å². The first-order chi connectivity index (χ1) is 8.13. The molecule has 5 heteroatoms. The van der Waals surface area contributed by atoms with Crippen LogP contribution in [0.25, 0.3) is 0 Å². The van der Waals surface area contributed by atoms with Crippen LogP contribution in [0.2, 0.25) is 0 Å². The van der Waals surface area contributed by atoms with Crippen LogP contribution >= 0.6 is 31.9 Å². The first-order valence-electron chi connectivity index (χ1n) is 5.63. The van der Waals surface area contributed by atoms with Gasteiger partial charge in [-0.25, -0.2) is 0 Å². The molecule has 1 atom stereocenters. The van der Waals surface area contributed by atoms with Crippen LogP contribution in [0, 0.1) is 0 Å². The number of hydrogen-bond donors (Lipinski definition) is 1. The second-order valence-corrected chi connectivity index (χ2v) is 5.75. The van der Waals surface area contributed by atoms with Gasteiger partial charge in [-0.3, -0.25) is 4.79 Å². The SMILES string of the molecule is CCNC1CCN(c2ccc(Br)cc2Br)C1=O. The third-order valence-electron chi connectivity index (χ3n) is 2.86. The summed E-state index contributed by atoms with van der Waals surface area (Å²) in [5.74, 6) is 0.162. The number of carbonyl (C=O) groups excluding carboxylic acids is 1. The molecule has 1 heterocycles. The lowest BCUT2D eigenvalue weighted by Gasteiger charge is -2.18. The van der Waals surface area contributed by atoms with Crippen molar-refractivity contribution < 1.29 is 4.79 Å². The van der Waals surface area contributed by atoms with Crippen LogP contribution < -0.4 is 10.2 Å². The summed E-state index contributed by atoms with van der Waals surface area (Å²) in [6, 6.07) is 5.84. The molecule has 17 heavy (non-hydrogen) atoms. The predicted octanol–water partition coefficient (Wildman–Crippen LogP) is 2.93. The van der Waals surface area contributed by atoms with Crippen molar-refractivity contribution in [2.45, 2.75) is 19.4 Å². The average molecular weight is 362 g/mol. The van der Waals surface area contributed by atoms with Crippen molar-refractivity contribution >= 4 is 43.5 Å². The van der Waals surface area contributed by atoms with E-state index < -0.39 is 0 Å². The van der Waals surface area contributed by atoms with Crippen molar-refractivity contribution in [3.05, 3.63) is 27.1 Å². The molecule has 0 spiro atoms. The topological polar surface area (TPSA) is 32.3 Å². The third-order valence-corrected chi connectivity index (χ3v) is 3.98. The second kappa shape index (κ2) is 5.50. The highest BCUT2D eigenvalue weighted by molar-refractivity contribution is 9.11. The molecule has 0 bridgehead atoms. The number of likely N-dealkylation sites (N-methyl/N-ethyl adjacent to an activating group) is 1. The molecule has 0 radical (unpaired) electrons. The first kappa shape index (κ1) is 13.1. The minimum atomic E-state index is -0.0319. The van der Waals surface area contributed by atoms with Crippen LogP contribution in [0.5, 0.6) is 0 Å². The zero-order valence-electron chi connectivity index (χ0n) is 9.54. The number of amides is 1. The summed E-state index contributed by atoms with van der Waals surface area (Å²) < 4.78 is 1.94. The van der Waals surface area contributed by atoms with Crippen LogP contribution in [-0.2, 0) is 4.79 Å². The Hall–Kier alpha value is -0.390. The molecular formula is C12H14Br2N2O. The van der Waals surface area contributed by atoms with E-state index in [1.54, 1.807) is 0 Å². The number of nitrogens with one attached hydrogen (secondary N) is 1. The highest BCUT2D eigenvalue weighted by Gasteiger charge is 2.32. The van der Waals surface area contributed by atoms with Crippen molar-refractivity contribution in [2.75, 3.05) is 18.0 Å². The van der Waals surface area contributed by atoms with Crippen LogP contribution in [0.15, 0.2) is 27.1 Å². The zero-order chi connectivity index (χ0) is 12.4. The molecule has 1 aliphatic rings. The van der Waals surface area contributed by atoms with Gasteiger partial charge in [-0.2, -0.15) is 0 Å². The molecule has 0 aromatic heterocycles. The molecule has 1 fully saturated rings. The van der Waals surface area contributed by atoms with Gasteiger partial charge in [0.1, 0.15) is 0 Å². The quantitative estimate of drug-likeness (QED) is 0.897. The number of carbonyl (C=O) groups is 1. The maximum absolute atomic E-state index is 12.2. The van der Waals surface area contributed by atoms with Gasteiger partial charge in [0.05, 0.1) is 11.7 Å². The number of rotatable bonds is 3. The van der Waals surface area contributed by atoms with Gasteiger partial charge in [0, 0.05) is 15.5 Å². The highest BCUT2D eigenvalue weighted by atomic mass is 79.9. The Morgan fingerprint density at radius 2 is 2.24 bits per heavy atom. The van der Waals surface area contributed by atoms with E-state index in [9.17, 15) is 4.79 Å². The van der Waals surface area contributed by atoms with Crippen LogP contribution in [0.1, 0.15) is 13.3 Å². The Labute approximate surface area is 118 Å². The summed E-state index contributed by atoms with van der Waals surface area (Å²) in [6.07, 6.45) is 0.870. The Bertz CT molecular complexity index is 437. The smallest absolute Gasteiger partial charge is 0.244 e. The lowest BCUT2D eigenvalue weighted by atomic mass is 10.2. The van der Waals surface area contributed by atoms with Crippen molar-refractivity contribution in [3.8, 4) is 0 Å². The standard InChI is InChI=1S/C12H14Br2N2O/c1-2-15-10-5-6-16(12(10)17)11-4-3-8(13)7-9(11)14/h3-4,7,10,15H,2,5-6H2,1H3. The lowest BCUT2D eigenvalue weighted by molar-refractivity contribution is -0.118. The fourth-order valence-corrected chi connectivity index (χ4v) is 3.32. The van der Waals surface area contributed by atoms with Crippen LogP contribution in [0.3, 0.4) is 0 Å². The fourth-order valence-electron chi connectivity index (χ4n) is 2.06. The minimum absolute atomic E-state index is 0.0319. The fraction of sp³-hybridized carbons (Fsp3) is 0.417. The maximum Gasteiger partial charge on any atom is 0.244 e. The van der Waals surface area contributed by atoms with Crippen molar-refractivity contribution in [3.63, 3.8) is 0 Å². The summed E-state index contributed by atoms with van der Waals surface area (Å²) in [6.45, 7) is 3.62.